The Labute approximate surface area is 88.9 Å². The summed E-state index contributed by atoms with van der Waals surface area (Å²) in [4.78, 5) is 11.7. The number of carbonyl (C=O) groups excluding carboxylic acids is 1. The molecule has 5 nitrogen and oxygen atoms in total. The predicted octanol–water partition coefficient (Wildman–Crippen LogP) is -0.316. The molecule has 2 aliphatic heterocycles. The third kappa shape index (κ3) is 2.48. The molecule has 2 fully saturated rings. The summed E-state index contributed by atoms with van der Waals surface area (Å²) in [5, 5.41) is 0. The van der Waals surface area contributed by atoms with Crippen LogP contribution in [0.25, 0.3) is 0 Å². The van der Waals surface area contributed by atoms with Gasteiger partial charge in [0.1, 0.15) is 5.54 Å². The van der Waals surface area contributed by atoms with Crippen molar-refractivity contribution in [3.63, 3.8) is 0 Å². The van der Waals surface area contributed by atoms with Crippen molar-refractivity contribution < 1.29 is 19.0 Å². The first kappa shape index (κ1) is 10.9. The highest BCUT2D eigenvalue weighted by atomic mass is 16.5. The fourth-order valence-electron chi connectivity index (χ4n) is 1.79. The molecular weight excluding hydrogens is 198 g/mol. The molecule has 15 heavy (non-hydrogen) atoms. The van der Waals surface area contributed by atoms with Gasteiger partial charge in [0.25, 0.3) is 0 Å². The van der Waals surface area contributed by atoms with Crippen LogP contribution in [0.3, 0.4) is 0 Å². The first-order valence-electron chi connectivity index (χ1n) is 5.32. The van der Waals surface area contributed by atoms with Crippen LogP contribution in [0, 0.1) is 5.92 Å². The molecule has 0 saturated carbocycles. The van der Waals surface area contributed by atoms with Crippen molar-refractivity contribution in [3.8, 4) is 0 Å². The van der Waals surface area contributed by atoms with Crippen molar-refractivity contribution in [2.45, 2.75) is 18.4 Å². The highest BCUT2D eigenvalue weighted by Crippen LogP contribution is 2.19. The van der Waals surface area contributed by atoms with Crippen LogP contribution in [0.15, 0.2) is 0 Å². The maximum Gasteiger partial charge on any atom is 0.328 e. The molecule has 0 aromatic rings. The molecule has 2 saturated heterocycles. The summed E-state index contributed by atoms with van der Waals surface area (Å²) in [6, 6.07) is 0. The molecule has 86 valence electrons. The number of ether oxygens (including phenoxy) is 3. The molecule has 2 unspecified atom stereocenters. The van der Waals surface area contributed by atoms with Gasteiger partial charge in [-0.1, -0.05) is 0 Å². The first-order valence-corrected chi connectivity index (χ1v) is 5.32. The molecule has 5 heteroatoms. The van der Waals surface area contributed by atoms with Gasteiger partial charge in [-0.25, -0.2) is 4.79 Å². The Kier molecular flexibility index (Phi) is 3.23. The van der Waals surface area contributed by atoms with E-state index in [1.54, 1.807) is 0 Å². The lowest BCUT2D eigenvalue weighted by atomic mass is 10.0. The zero-order valence-corrected chi connectivity index (χ0v) is 8.74. The second-order valence-corrected chi connectivity index (χ2v) is 4.29. The Balaban J connectivity index is 1.76. The standard InChI is InChI=1S/C10H17NO4/c11-10(2-4-14-7-10)9(12)15-6-8-1-3-13-5-8/h8H,1-7,11H2. The fraction of sp³-hybridized carbons (Fsp3) is 0.900. The van der Waals surface area contributed by atoms with Crippen LogP contribution in [-0.4, -0.2) is 44.5 Å². The van der Waals surface area contributed by atoms with Gasteiger partial charge in [0, 0.05) is 25.6 Å². The molecule has 2 rings (SSSR count). The molecule has 2 aliphatic rings. The van der Waals surface area contributed by atoms with E-state index in [2.05, 4.69) is 0 Å². The number of hydrogen-bond acceptors (Lipinski definition) is 5. The van der Waals surface area contributed by atoms with Gasteiger partial charge in [0.05, 0.1) is 19.8 Å². The largest absolute Gasteiger partial charge is 0.464 e. The summed E-state index contributed by atoms with van der Waals surface area (Å²) >= 11 is 0. The molecule has 0 radical (unpaired) electrons. The van der Waals surface area contributed by atoms with E-state index < -0.39 is 5.54 Å². The molecule has 2 N–H and O–H groups in total. The predicted molar refractivity (Wildman–Crippen MR) is 52.2 cm³/mol. The average molecular weight is 215 g/mol. The van der Waals surface area contributed by atoms with Gasteiger partial charge in [0.2, 0.25) is 0 Å². The summed E-state index contributed by atoms with van der Waals surface area (Å²) in [5.41, 5.74) is 4.94. The maximum atomic E-state index is 11.7. The lowest BCUT2D eigenvalue weighted by Crippen LogP contribution is -2.50. The van der Waals surface area contributed by atoms with Crippen LogP contribution in [-0.2, 0) is 19.0 Å². The average Bonchev–Trinajstić information content (AvgIpc) is 2.85. The second-order valence-electron chi connectivity index (χ2n) is 4.29. The SMILES string of the molecule is NC1(C(=O)OCC2CCOC2)CCOC1. The van der Waals surface area contributed by atoms with Crippen LogP contribution in [0.1, 0.15) is 12.8 Å². The van der Waals surface area contributed by atoms with Crippen LogP contribution < -0.4 is 5.73 Å². The number of hydrogen-bond donors (Lipinski definition) is 1. The van der Waals surface area contributed by atoms with Crippen molar-refractivity contribution in [2.24, 2.45) is 11.7 Å². The molecule has 2 atom stereocenters. The molecule has 0 amide bonds. The van der Waals surface area contributed by atoms with E-state index in [0.29, 0.717) is 32.2 Å². The van der Waals surface area contributed by atoms with Crippen LogP contribution in [0.4, 0.5) is 0 Å². The molecule has 0 aromatic heterocycles. The van der Waals surface area contributed by atoms with E-state index in [1.807, 2.05) is 0 Å². The minimum Gasteiger partial charge on any atom is -0.464 e. The minimum absolute atomic E-state index is 0.271. The van der Waals surface area contributed by atoms with Gasteiger partial charge in [-0.3, -0.25) is 0 Å². The van der Waals surface area contributed by atoms with Crippen molar-refractivity contribution in [1.29, 1.82) is 0 Å². The van der Waals surface area contributed by atoms with E-state index in [9.17, 15) is 4.79 Å². The zero-order valence-electron chi connectivity index (χ0n) is 8.74. The second kappa shape index (κ2) is 4.47. The van der Waals surface area contributed by atoms with E-state index in [-0.39, 0.29) is 12.6 Å². The summed E-state index contributed by atoms with van der Waals surface area (Å²) in [7, 11) is 0. The molecular formula is C10H17NO4. The van der Waals surface area contributed by atoms with Gasteiger partial charge in [-0.15, -0.1) is 0 Å². The molecule has 0 aliphatic carbocycles. The number of carbonyl (C=O) groups is 1. The Morgan fingerprint density at radius 1 is 1.47 bits per heavy atom. The highest BCUT2D eigenvalue weighted by molar-refractivity contribution is 5.81. The Hall–Kier alpha value is -0.650. The van der Waals surface area contributed by atoms with Crippen molar-refractivity contribution in [1.82, 2.24) is 0 Å². The number of rotatable bonds is 3. The van der Waals surface area contributed by atoms with Crippen LogP contribution >= 0.6 is 0 Å². The van der Waals surface area contributed by atoms with Crippen LogP contribution in [0.2, 0.25) is 0 Å². The summed E-state index contributed by atoms with van der Waals surface area (Å²) in [5.74, 6) is -0.00762. The van der Waals surface area contributed by atoms with Crippen molar-refractivity contribution in [2.75, 3.05) is 33.0 Å². The summed E-state index contributed by atoms with van der Waals surface area (Å²) in [6.07, 6.45) is 1.51. The topological polar surface area (TPSA) is 70.8 Å². The monoisotopic (exact) mass is 215 g/mol. The van der Waals surface area contributed by atoms with Crippen molar-refractivity contribution in [3.05, 3.63) is 0 Å². The molecule has 2 heterocycles. The summed E-state index contributed by atoms with van der Waals surface area (Å²) < 4.78 is 15.5. The molecule has 0 spiro atoms. The van der Waals surface area contributed by atoms with Gasteiger partial charge in [0.15, 0.2) is 0 Å². The molecule has 0 bridgehead atoms. The quantitative estimate of drug-likeness (QED) is 0.653. The van der Waals surface area contributed by atoms with E-state index >= 15 is 0 Å². The third-order valence-electron chi connectivity index (χ3n) is 2.93. The highest BCUT2D eigenvalue weighted by Gasteiger charge is 2.40. The van der Waals surface area contributed by atoms with E-state index in [1.165, 1.54) is 0 Å². The Morgan fingerprint density at radius 3 is 2.93 bits per heavy atom. The zero-order chi connectivity index (χ0) is 10.7. The normalized spacial score (nSPS) is 35.7. The van der Waals surface area contributed by atoms with Gasteiger partial charge in [-0.05, 0) is 6.42 Å². The maximum absolute atomic E-state index is 11.7. The molecule has 0 aromatic carbocycles. The Morgan fingerprint density at radius 2 is 2.33 bits per heavy atom. The van der Waals surface area contributed by atoms with Crippen molar-refractivity contribution >= 4 is 5.97 Å². The van der Waals surface area contributed by atoms with E-state index in [0.717, 1.165) is 13.0 Å². The lowest BCUT2D eigenvalue weighted by Gasteiger charge is -2.20. The first-order chi connectivity index (χ1) is 7.21. The number of nitrogens with two attached hydrogens (primary N) is 1. The van der Waals surface area contributed by atoms with Gasteiger partial charge < -0.3 is 19.9 Å². The number of esters is 1. The van der Waals surface area contributed by atoms with Crippen LogP contribution in [0.5, 0.6) is 0 Å². The summed E-state index contributed by atoms with van der Waals surface area (Å²) in [6.45, 7) is 2.67. The van der Waals surface area contributed by atoms with Gasteiger partial charge in [-0.2, -0.15) is 0 Å². The third-order valence-corrected chi connectivity index (χ3v) is 2.93. The minimum atomic E-state index is -0.917. The van der Waals surface area contributed by atoms with Gasteiger partial charge >= 0.3 is 5.97 Å². The van der Waals surface area contributed by atoms with E-state index in [4.69, 9.17) is 19.9 Å². The smallest absolute Gasteiger partial charge is 0.328 e. The fourth-order valence-corrected chi connectivity index (χ4v) is 1.79. The lowest BCUT2D eigenvalue weighted by molar-refractivity contribution is -0.151. The Bertz CT molecular complexity index is 232.